The molecule has 1 aliphatic rings. The Hall–Kier alpha value is -1.86. The van der Waals surface area contributed by atoms with Crippen molar-refractivity contribution < 1.29 is 0 Å². The molecule has 0 nitrogen and oxygen atoms in total. The van der Waals surface area contributed by atoms with E-state index in [1.165, 1.54) is 32.6 Å². The number of rotatable bonds is 3. The minimum absolute atomic E-state index is 0.530. The summed E-state index contributed by atoms with van der Waals surface area (Å²) in [6.45, 7) is 13.9. The minimum atomic E-state index is -1.97. The van der Waals surface area contributed by atoms with Crippen LogP contribution in [0.5, 0.6) is 0 Å². The van der Waals surface area contributed by atoms with Crippen molar-refractivity contribution in [2.24, 2.45) is 5.92 Å². The van der Waals surface area contributed by atoms with Crippen LogP contribution in [0.2, 0.25) is 6.55 Å². The molecule has 0 aliphatic heterocycles. The molecule has 0 heterocycles. The highest BCUT2D eigenvalue weighted by Crippen LogP contribution is 2.36. The lowest BCUT2D eigenvalue weighted by molar-refractivity contribution is 0.921. The van der Waals surface area contributed by atoms with Gasteiger partial charge in [-0.15, -0.1) is 0 Å². The van der Waals surface area contributed by atoms with Crippen LogP contribution in [0.3, 0.4) is 0 Å². The van der Waals surface area contributed by atoms with Crippen molar-refractivity contribution >= 4 is 18.4 Å². The Morgan fingerprint density at radius 2 is 1.38 bits per heavy atom. The molecule has 1 aliphatic carbocycles. The quantitative estimate of drug-likeness (QED) is 0.698. The molecule has 1 heteroatoms. The van der Waals surface area contributed by atoms with Gasteiger partial charge >= 0.3 is 0 Å². The Balaban J connectivity index is 2.31. The summed E-state index contributed by atoms with van der Waals surface area (Å²) < 4.78 is 0. The summed E-state index contributed by atoms with van der Waals surface area (Å²) in [4.78, 5) is 0. The summed E-state index contributed by atoms with van der Waals surface area (Å²) in [6, 6.07) is 18.3. The molecule has 0 radical (unpaired) electrons. The molecule has 2 aromatic carbocycles. The van der Waals surface area contributed by atoms with Gasteiger partial charge in [0.15, 0.2) is 0 Å². The Morgan fingerprint density at radius 1 is 0.792 bits per heavy atom. The van der Waals surface area contributed by atoms with E-state index in [0.717, 1.165) is 0 Å². The fourth-order valence-electron chi connectivity index (χ4n) is 4.48. The van der Waals surface area contributed by atoms with Gasteiger partial charge < -0.3 is 0 Å². The lowest BCUT2D eigenvalue weighted by Crippen LogP contribution is -2.58. The Kier molecular flexibility index (Phi) is 4.40. The van der Waals surface area contributed by atoms with Crippen molar-refractivity contribution in [2.75, 3.05) is 0 Å². The summed E-state index contributed by atoms with van der Waals surface area (Å²) in [7, 11) is -1.97. The van der Waals surface area contributed by atoms with E-state index in [1.807, 2.05) is 0 Å². The Bertz CT molecular complexity index is 806. The van der Waals surface area contributed by atoms with Gasteiger partial charge in [-0.25, -0.2) is 0 Å². The van der Waals surface area contributed by atoms with Crippen LogP contribution in [-0.4, -0.2) is 8.07 Å². The highest BCUT2D eigenvalue weighted by molar-refractivity contribution is 7.06. The molecule has 2 atom stereocenters. The molecule has 0 fully saturated rings. The molecule has 0 N–H and O–H groups in total. The molecule has 0 saturated carbocycles. The van der Waals surface area contributed by atoms with Gasteiger partial charge in [0, 0.05) is 0 Å². The van der Waals surface area contributed by atoms with Gasteiger partial charge in [0.2, 0.25) is 0 Å². The number of hydrogen-bond donors (Lipinski definition) is 0. The summed E-state index contributed by atoms with van der Waals surface area (Å²) >= 11 is 0. The molecule has 0 amide bonds. The predicted octanol–water partition coefficient (Wildman–Crippen LogP) is 4.95. The highest BCUT2D eigenvalue weighted by Gasteiger charge is 2.41. The van der Waals surface area contributed by atoms with Gasteiger partial charge in [-0.1, -0.05) is 95.5 Å². The smallest absolute Gasteiger partial charge is 0.0748 e. The van der Waals surface area contributed by atoms with Gasteiger partial charge in [0.25, 0.3) is 0 Å². The van der Waals surface area contributed by atoms with E-state index in [2.05, 4.69) is 95.8 Å². The fourth-order valence-corrected chi connectivity index (χ4v) is 9.27. The third kappa shape index (κ3) is 2.71. The van der Waals surface area contributed by atoms with Crippen LogP contribution in [0.15, 0.2) is 70.9 Å². The average Bonchev–Trinajstić information content (AvgIpc) is 2.79. The maximum atomic E-state index is 2.54. The van der Waals surface area contributed by atoms with Crippen molar-refractivity contribution in [3.05, 3.63) is 82.1 Å². The lowest BCUT2D eigenvalue weighted by Gasteiger charge is -2.34. The molecule has 2 unspecified atom stereocenters. The standard InChI is InChI=1S/C23H28Si/c1-16-12-17(2)14-22(13-16)24(6,21-10-8-7-9-11-21)23-19(4)15-18(3)20(23)5/h7-15,19H,1-6H3. The SMILES string of the molecule is CC1=CC(C)C([Si](C)(c2ccccc2)c2cc(C)cc(C)c2)=C1C. The van der Waals surface area contributed by atoms with E-state index >= 15 is 0 Å². The van der Waals surface area contributed by atoms with Gasteiger partial charge in [-0.3, -0.25) is 0 Å². The molecule has 0 aromatic heterocycles. The predicted molar refractivity (Wildman–Crippen MR) is 109 cm³/mol. The second kappa shape index (κ2) is 6.21. The van der Waals surface area contributed by atoms with Crippen LogP contribution in [0.25, 0.3) is 0 Å². The maximum Gasteiger partial charge on any atom is 0.142 e. The van der Waals surface area contributed by atoms with Gasteiger partial charge in [-0.2, -0.15) is 0 Å². The van der Waals surface area contributed by atoms with E-state index in [4.69, 9.17) is 0 Å². The van der Waals surface area contributed by atoms with Crippen LogP contribution >= 0.6 is 0 Å². The van der Waals surface area contributed by atoms with Crippen molar-refractivity contribution in [3.63, 3.8) is 0 Å². The summed E-state index contributed by atoms with van der Waals surface area (Å²) in [5.41, 5.74) is 5.71. The molecule has 0 bridgehead atoms. The first kappa shape index (κ1) is 17.0. The zero-order valence-corrected chi connectivity index (χ0v) is 16.8. The second-order valence-corrected chi connectivity index (χ2v) is 11.5. The zero-order chi connectivity index (χ0) is 17.5. The topological polar surface area (TPSA) is 0 Å². The molecular formula is C23H28Si. The van der Waals surface area contributed by atoms with Crippen molar-refractivity contribution in [2.45, 2.75) is 41.2 Å². The molecule has 0 spiro atoms. The van der Waals surface area contributed by atoms with E-state index in [-0.39, 0.29) is 0 Å². The first-order chi connectivity index (χ1) is 11.3. The number of benzene rings is 2. The average molecular weight is 333 g/mol. The molecular weight excluding hydrogens is 304 g/mol. The van der Waals surface area contributed by atoms with Crippen LogP contribution in [-0.2, 0) is 0 Å². The van der Waals surface area contributed by atoms with Gasteiger partial charge in [0.05, 0.1) is 0 Å². The number of hydrogen-bond acceptors (Lipinski definition) is 0. The fraction of sp³-hybridized carbons (Fsp3) is 0.304. The molecule has 0 saturated heterocycles. The minimum Gasteiger partial charge on any atom is -0.0748 e. The number of allylic oxidation sites excluding steroid dienone is 4. The summed E-state index contributed by atoms with van der Waals surface area (Å²) in [5, 5.41) is 4.73. The molecule has 3 rings (SSSR count). The van der Waals surface area contributed by atoms with Crippen molar-refractivity contribution in [1.82, 2.24) is 0 Å². The molecule has 124 valence electrons. The Morgan fingerprint density at radius 3 is 1.88 bits per heavy atom. The van der Waals surface area contributed by atoms with Crippen LogP contribution in [0, 0.1) is 19.8 Å². The first-order valence-electron chi connectivity index (χ1n) is 8.88. The van der Waals surface area contributed by atoms with E-state index < -0.39 is 8.07 Å². The van der Waals surface area contributed by atoms with Crippen molar-refractivity contribution in [1.29, 1.82) is 0 Å². The van der Waals surface area contributed by atoms with Gasteiger partial charge in [0.1, 0.15) is 8.07 Å². The van der Waals surface area contributed by atoms with Crippen LogP contribution in [0.1, 0.15) is 31.9 Å². The van der Waals surface area contributed by atoms with Gasteiger partial charge in [-0.05, 0) is 44.0 Å². The highest BCUT2D eigenvalue weighted by atomic mass is 28.3. The lowest BCUT2D eigenvalue weighted by atomic mass is 10.2. The summed E-state index contributed by atoms with van der Waals surface area (Å²) in [5.74, 6) is 0.530. The molecule has 2 aromatic rings. The van der Waals surface area contributed by atoms with Crippen LogP contribution in [0.4, 0.5) is 0 Å². The third-order valence-electron chi connectivity index (χ3n) is 5.64. The normalized spacial score (nSPS) is 20.1. The monoisotopic (exact) mass is 332 g/mol. The molecule has 24 heavy (non-hydrogen) atoms. The van der Waals surface area contributed by atoms with Crippen molar-refractivity contribution in [3.8, 4) is 0 Å². The Labute approximate surface area is 147 Å². The zero-order valence-electron chi connectivity index (χ0n) is 15.8. The maximum absolute atomic E-state index is 2.54. The second-order valence-electron chi connectivity index (χ2n) is 7.54. The van der Waals surface area contributed by atoms with E-state index in [0.29, 0.717) is 5.92 Å². The van der Waals surface area contributed by atoms with E-state index in [1.54, 1.807) is 5.20 Å². The first-order valence-corrected chi connectivity index (χ1v) is 11.4. The van der Waals surface area contributed by atoms with E-state index in [9.17, 15) is 0 Å². The third-order valence-corrected chi connectivity index (χ3v) is 10.5. The van der Waals surface area contributed by atoms with Crippen LogP contribution < -0.4 is 10.4 Å². The number of aryl methyl sites for hydroxylation is 2. The summed E-state index contributed by atoms with van der Waals surface area (Å²) in [6.07, 6.45) is 2.45. The largest absolute Gasteiger partial charge is 0.142 e.